The summed E-state index contributed by atoms with van der Waals surface area (Å²) < 4.78 is 5.45. The van der Waals surface area contributed by atoms with Gasteiger partial charge in [-0.3, -0.25) is 9.59 Å². The average molecular weight is 1140 g/mol. The van der Waals surface area contributed by atoms with Crippen molar-refractivity contribution in [3.63, 3.8) is 0 Å². The number of esters is 1. The largest absolute Gasteiger partial charge is 0.465 e. The molecule has 0 radical (unpaired) electrons. The number of nitrogens with one attached hydrogen (secondary N) is 1. The maximum absolute atomic E-state index is 12.5. The minimum atomic E-state index is -0.850. The number of hydrogen-bond donors (Lipinski definition) is 3. The minimum absolute atomic E-state index is 0.0302. The average Bonchev–Trinajstić information content (AvgIpc) is 3.47. The summed E-state index contributed by atoms with van der Waals surface area (Å²) in [6, 6.07) is -0.634. The van der Waals surface area contributed by atoms with E-state index in [1.54, 1.807) is 6.08 Å². The van der Waals surface area contributed by atoms with Gasteiger partial charge in [-0.05, 0) is 51.4 Å². The highest BCUT2D eigenvalue weighted by molar-refractivity contribution is 5.76. The maximum atomic E-state index is 12.5. The normalized spacial score (nSPS) is 12.7. The number of amides is 1. The van der Waals surface area contributed by atoms with E-state index in [4.69, 9.17) is 4.74 Å². The van der Waals surface area contributed by atoms with Crippen LogP contribution in [0, 0.1) is 0 Å². The second-order valence-corrected chi connectivity index (χ2v) is 25.3. The maximum Gasteiger partial charge on any atom is 0.305 e. The molecule has 0 aliphatic heterocycles. The molecule has 6 heteroatoms. The van der Waals surface area contributed by atoms with Crippen molar-refractivity contribution in [2.75, 3.05) is 13.2 Å². The van der Waals surface area contributed by atoms with Gasteiger partial charge in [0, 0.05) is 12.8 Å². The predicted octanol–water partition coefficient (Wildman–Crippen LogP) is 23.9. The highest BCUT2D eigenvalue weighted by Crippen LogP contribution is 2.19. The van der Waals surface area contributed by atoms with E-state index in [0.717, 1.165) is 51.4 Å². The molecule has 1 amide bonds. The summed E-state index contributed by atoms with van der Waals surface area (Å²) in [6.07, 6.45) is 91.0. The summed E-state index contributed by atoms with van der Waals surface area (Å²) >= 11 is 0. The predicted molar refractivity (Wildman–Crippen MR) is 356 cm³/mol. The van der Waals surface area contributed by atoms with E-state index in [9.17, 15) is 19.8 Å². The molecular weight excluding hydrogens is 995 g/mol. The molecule has 0 aliphatic rings. The molecule has 0 fully saturated rings. The van der Waals surface area contributed by atoms with Crippen LogP contribution in [0.1, 0.15) is 406 Å². The number of aliphatic hydroxyl groups is 2. The highest BCUT2D eigenvalue weighted by Gasteiger charge is 2.18. The van der Waals surface area contributed by atoms with Gasteiger partial charge in [0.2, 0.25) is 5.91 Å². The van der Waals surface area contributed by atoms with Crippen molar-refractivity contribution in [1.82, 2.24) is 5.32 Å². The van der Waals surface area contributed by atoms with Gasteiger partial charge in [0.25, 0.3) is 0 Å². The Labute approximate surface area is 506 Å². The fraction of sp³-hybridized carbons (Fsp3) is 0.893. The molecule has 478 valence electrons. The molecule has 2 unspecified atom stereocenters. The zero-order valence-corrected chi connectivity index (χ0v) is 54.8. The first-order chi connectivity index (χ1) is 40.0. The fourth-order valence-corrected chi connectivity index (χ4v) is 11.6. The van der Waals surface area contributed by atoms with Crippen LogP contribution in [0.25, 0.3) is 0 Å². The molecule has 3 N–H and O–H groups in total. The van der Waals surface area contributed by atoms with Gasteiger partial charge >= 0.3 is 5.97 Å². The van der Waals surface area contributed by atoms with Crippen LogP contribution in [0.5, 0.6) is 0 Å². The van der Waals surface area contributed by atoms with Gasteiger partial charge in [-0.1, -0.05) is 378 Å². The van der Waals surface area contributed by atoms with Crippen molar-refractivity contribution >= 4 is 11.9 Å². The molecule has 81 heavy (non-hydrogen) atoms. The van der Waals surface area contributed by atoms with Gasteiger partial charge in [0.15, 0.2) is 0 Å². The third kappa shape index (κ3) is 67.1. The molecule has 6 nitrogen and oxygen atoms in total. The number of hydrogen-bond acceptors (Lipinski definition) is 5. The Bertz CT molecular complexity index is 1310. The number of aliphatic hydroxyl groups excluding tert-OH is 2. The Morgan fingerprint density at radius 2 is 0.617 bits per heavy atom. The van der Waals surface area contributed by atoms with E-state index >= 15 is 0 Å². The second kappa shape index (κ2) is 70.6. The van der Waals surface area contributed by atoms with Crippen LogP contribution < -0.4 is 5.32 Å². The van der Waals surface area contributed by atoms with Crippen molar-refractivity contribution in [3.8, 4) is 0 Å². The highest BCUT2D eigenvalue weighted by atomic mass is 16.5. The van der Waals surface area contributed by atoms with Crippen LogP contribution in [0.15, 0.2) is 36.5 Å². The lowest BCUT2D eigenvalue weighted by molar-refractivity contribution is -0.143. The quantitative estimate of drug-likeness (QED) is 0.0320. The van der Waals surface area contributed by atoms with E-state index in [1.165, 1.54) is 327 Å². The zero-order chi connectivity index (χ0) is 58.5. The lowest BCUT2D eigenvalue weighted by atomic mass is 10.0. The number of carbonyl (C=O) groups excluding carboxylic acids is 2. The van der Waals surface area contributed by atoms with Crippen LogP contribution in [0.4, 0.5) is 0 Å². The standard InChI is InChI=1S/C75H143NO5/c1-3-5-7-9-11-13-15-17-19-21-23-24-25-26-28-32-35-39-43-47-51-55-59-63-67-73(78)72(71-77)76-74(79)68-64-60-56-52-48-44-40-36-33-29-27-30-34-38-42-46-50-54-58-62-66-70-81-75(80)69-65-61-57-53-49-45-41-37-31-22-20-18-16-14-12-10-8-6-4-2/h46,50,58,62-63,67,72-73,77-78H,3-45,47-49,51-57,59-61,64-66,68-71H2,1-2H3,(H,76,79)/b50-46-,62-58-,67-63+. The first kappa shape index (κ1) is 79.1. The Hall–Kier alpha value is -1.92. The van der Waals surface area contributed by atoms with E-state index in [1.807, 2.05) is 6.08 Å². The molecule has 0 aromatic heterocycles. The molecule has 2 atom stereocenters. The van der Waals surface area contributed by atoms with E-state index in [-0.39, 0.29) is 18.5 Å². The third-order valence-corrected chi connectivity index (χ3v) is 17.2. The Balaban J connectivity index is 3.45. The lowest BCUT2D eigenvalue weighted by Crippen LogP contribution is -2.45. The molecule has 0 saturated heterocycles. The molecule has 0 spiro atoms. The SMILES string of the molecule is CCCCCCCCCCCCCCCCCCCCCCCC/C=C/C(O)C(CO)NC(=O)CCCCCCCCCCCCCCCC/C=C\C/C=C\CCOC(=O)CCCCCCCCCCCCCCCCCCCCC. The number of rotatable bonds is 69. The molecule has 0 aromatic rings. The van der Waals surface area contributed by atoms with E-state index in [0.29, 0.717) is 19.4 Å². The van der Waals surface area contributed by atoms with Crippen molar-refractivity contribution in [3.05, 3.63) is 36.5 Å². The fourth-order valence-electron chi connectivity index (χ4n) is 11.6. The van der Waals surface area contributed by atoms with Crippen LogP contribution >= 0.6 is 0 Å². The second-order valence-electron chi connectivity index (χ2n) is 25.3. The monoisotopic (exact) mass is 1140 g/mol. The molecular formula is C75H143NO5. The van der Waals surface area contributed by atoms with Crippen LogP contribution in [0.2, 0.25) is 0 Å². The summed E-state index contributed by atoms with van der Waals surface area (Å²) in [6.45, 7) is 4.84. The smallest absolute Gasteiger partial charge is 0.305 e. The molecule has 0 heterocycles. The summed E-state index contributed by atoms with van der Waals surface area (Å²) in [5.41, 5.74) is 0. The topological polar surface area (TPSA) is 95.9 Å². The number of carbonyl (C=O) groups is 2. The Kier molecular flexibility index (Phi) is 68.9. The lowest BCUT2D eigenvalue weighted by Gasteiger charge is -2.20. The van der Waals surface area contributed by atoms with Crippen LogP contribution in [-0.4, -0.2) is 47.4 Å². The molecule has 0 aliphatic carbocycles. The number of unbranched alkanes of at least 4 members (excludes halogenated alkanes) is 54. The van der Waals surface area contributed by atoms with Gasteiger partial charge in [0.1, 0.15) is 0 Å². The van der Waals surface area contributed by atoms with Gasteiger partial charge in [-0.25, -0.2) is 0 Å². The van der Waals surface area contributed by atoms with Gasteiger partial charge in [0.05, 0.1) is 25.4 Å². The molecule has 0 saturated carbocycles. The van der Waals surface area contributed by atoms with Crippen LogP contribution in [0.3, 0.4) is 0 Å². The minimum Gasteiger partial charge on any atom is -0.465 e. The van der Waals surface area contributed by atoms with Gasteiger partial charge in [-0.2, -0.15) is 0 Å². The first-order valence-electron chi connectivity index (χ1n) is 36.8. The van der Waals surface area contributed by atoms with Gasteiger partial charge in [-0.15, -0.1) is 0 Å². The Morgan fingerprint density at radius 1 is 0.346 bits per heavy atom. The summed E-state index contributed by atoms with van der Waals surface area (Å²) in [5.74, 6) is -0.0987. The molecule has 0 rings (SSSR count). The van der Waals surface area contributed by atoms with E-state index < -0.39 is 12.1 Å². The van der Waals surface area contributed by atoms with Crippen molar-refractivity contribution in [1.29, 1.82) is 0 Å². The third-order valence-electron chi connectivity index (χ3n) is 17.2. The van der Waals surface area contributed by atoms with Crippen LogP contribution in [-0.2, 0) is 14.3 Å². The van der Waals surface area contributed by atoms with Crippen molar-refractivity contribution in [2.45, 2.75) is 418 Å². The summed E-state index contributed by atoms with van der Waals surface area (Å²) in [5, 5.41) is 23.3. The molecule has 0 aromatic carbocycles. The summed E-state index contributed by atoms with van der Waals surface area (Å²) in [4.78, 5) is 24.6. The van der Waals surface area contributed by atoms with Gasteiger partial charge < -0.3 is 20.3 Å². The number of ether oxygens (including phenoxy) is 1. The van der Waals surface area contributed by atoms with Crippen molar-refractivity contribution in [2.24, 2.45) is 0 Å². The first-order valence-corrected chi connectivity index (χ1v) is 36.8. The van der Waals surface area contributed by atoms with Crippen molar-refractivity contribution < 1.29 is 24.5 Å². The zero-order valence-electron chi connectivity index (χ0n) is 54.8. The molecule has 0 bridgehead atoms. The number of allylic oxidation sites excluding steroid dienone is 4. The van der Waals surface area contributed by atoms with E-state index in [2.05, 4.69) is 43.5 Å². The summed E-state index contributed by atoms with van der Waals surface area (Å²) in [7, 11) is 0. The Morgan fingerprint density at radius 3 is 0.938 bits per heavy atom.